The van der Waals surface area contributed by atoms with Crippen molar-refractivity contribution in [2.45, 2.75) is 32.1 Å². The maximum atomic E-state index is 11.5. The molecule has 0 aliphatic heterocycles. The number of primary amides is 1. The molecule has 0 radical (unpaired) electrons. The van der Waals surface area contributed by atoms with Gasteiger partial charge in [-0.25, -0.2) is 8.42 Å². The van der Waals surface area contributed by atoms with Gasteiger partial charge in [-0.1, -0.05) is 12.1 Å². The Morgan fingerprint density at radius 3 is 2.28 bits per heavy atom. The van der Waals surface area contributed by atoms with Crippen LogP contribution in [-0.2, 0) is 21.1 Å². The van der Waals surface area contributed by atoms with Crippen LogP contribution in [0.1, 0.15) is 26.3 Å². The third-order valence-electron chi connectivity index (χ3n) is 3.70. The molecule has 0 aromatic heterocycles. The second-order valence-electron chi connectivity index (χ2n) is 6.54. The fraction of sp³-hybridized carbons (Fsp3) is 0.529. The van der Waals surface area contributed by atoms with E-state index in [0.717, 1.165) is 5.56 Å². The van der Waals surface area contributed by atoms with E-state index >= 15 is 0 Å². The summed E-state index contributed by atoms with van der Waals surface area (Å²) in [4.78, 5) is 16.1. The second-order valence-corrected chi connectivity index (χ2v) is 8.55. The molecule has 0 bridgehead atoms. The predicted molar refractivity (Wildman–Crippen MR) is 100 cm³/mol. The molecular formula is C17H28N4O3S. The van der Waals surface area contributed by atoms with Crippen LogP contribution < -0.4 is 16.4 Å². The SMILES string of the molecule is CCNC(=NCC(C)(C)C(N)=O)NCCc1ccc(S(C)(=O)=O)cc1. The Labute approximate surface area is 150 Å². The number of nitrogens with two attached hydrogens (primary N) is 1. The highest BCUT2D eigenvalue weighted by Crippen LogP contribution is 2.14. The predicted octanol–water partition coefficient (Wildman–Crippen LogP) is 0.699. The molecule has 0 saturated heterocycles. The number of hydrogen-bond donors (Lipinski definition) is 3. The maximum absolute atomic E-state index is 11.5. The first kappa shape index (κ1) is 21.0. The zero-order valence-corrected chi connectivity index (χ0v) is 16.1. The van der Waals surface area contributed by atoms with E-state index in [1.807, 2.05) is 6.92 Å². The first-order valence-electron chi connectivity index (χ1n) is 8.17. The normalized spacial score (nSPS) is 12.7. The lowest BCUT2D eigenvalue weighted by molar-refractivity contribution is -0.125. The van der Waals surface area contributed by atoms with Crippen LogP contribution in [0.5, 0.6) is 0 Å². The van der Waals surface area contributed by atoms with Crippen LogP contribution in [0.25, 0.3) is 0 Å². The molecule has 1 amide bonds. The third-order valence-corrected chi connectivity index (χ3v) is 4.83. The lowest BCUT2D eigenvalue weighted by Crippen LogP contribution is -2.40. The van der Waals surface area contributed by atoms with Gasteiger partial charge in [0.25, 0.3) is 0 Å². The Morgan fingerprint density at radius 2 is 1.80 bits per heavy atom. The highest BCUT2D eigenvalue weighted by molar-refractivity contribution is 7.90. The number of hydrogen-bond acceptors (Lipinski definition) is 4. The van der Waals surface area contributed by atoms with Crippen LogP contribution in [0.2, 0.25) is 0 Å². The van der Waals surface area contributed by atoms with E-state index < -0.39 is 21.2 Å². The van der Waals surface area contributed by atoms with Crippen LogP contribution in [0, 0.1) is 5.41 Å². The molecule has 1 aromatic rings. The summed E-state index contributed by atoms with van der Waals surface area (Å²) in [5.74, 6) is 0.225. The van der Waals surface area contributed by atoms with E-state index in [4.69, 9.17) is 5.73 Å². The summed E-state index contributed by atoms with van der Waals surface area (Å²) >= 11 is 0. The van der Waals surface area contributed by atoms with Crippen LogP contribution in [0.15, 0.2) is 34.2 Å². The molecule has 0 heterocycles. The Morgan fingerprint density at radius 1 is 1.20 bits per heavy atom. The molecular weight excluding hydrogens is 340 g/mol. The van der Waals surface area contributed by atoms with Crippen molar-refractivity contribution in [3.05, 3.63) is 29.8 Å². The van der Waals surface area contributed by atoms with E-state index in [0.29, 0.717) is 36.9 Å². The standard InChI is InChI=1S/C17H28N4O3S/c1-5-19-16(21-12-17(2,3)15(18)22)20-11-10-13-6-8-14(9-7-13)25(4,23)24/h6-9H,5,10-12H2,1-4H3,(H2,18,22)(H2,19,20,21). The van der Waals surface area contributed by atoms with Gasteiger partial charge in [0.05, 0.1) is 16.9 Å². The average molecular weight is 369 g/mol. The number of carbonyl (C=O) groups is 1. The Kier molecular flexibility index (Phi) is 7.41. The van der Waals surface area contributed by atoms with Gasteiger partial charge in [0, 0.05) is 19.3 Å². The van der Waals surface area contributed by atoms with Crippen molar-refractivity contribution in [2.24, 2.45) is 16.1 Å². The maximum Gasteiger partial charge on any atom is 0.224 e. The highest BCUT2D eigenvalue weighted by Gasteiger charge is 2.24. The topological polar surface area (TPSA) is 114 Å². The number of aliphatic imine (C=N–C) groups is 1. The summed E-state index contributed by atoms with van der Waals surface area (Å²) in [6.45, 7) is 7.09. The Hall–Kier alpha value is -2.09. The van der Waals surface area contributed by atoms with E-state index in [1.165, 1.54) is 6.26 Å². The molecule has 0 aliphatic rings. The molecule has 8 heteroatoms. The van der Waals surface area contributed by atoms with Gasteiger partial charge in [-0.2, -0.15) is 0 Å². The van der Waals surface area contributed by atoms with Crippen molar-refractivity contribution < 1.29 is 13.2 Å². The smallest absolute Gasteiger partial charge is 0.224 e. The van der Waals surface area contributed by atoms with Gasteiger partial charge < -0.3 is 16.4 Å². The number of amides is 1. The molecule has 1 rings (SSSR count). The van der Waals surface area contributed by atoms with Crippen LogP contribution in [0.4, 0.5) is 0 Å². The van der Waals surface area contributed by atoms with Crippen molar-refractivity contribution in [3.63, 3.8) is 0 Å². The van der Waals surface area contributed by atoms with E-state index in [2.05, 4.69) is 15.6 Å². The minimum absolute atomic E-state index is 0.292. The number of carbonyl (C=O) groups excluding carboxylic acids is 1. The van der Waals surface area contributed by atoms with Crippen molar-refractivity contribution in [2.75, 3.05) is 25.9 Å². The van der Waals surface area contributed by atoms with Crippen molar-refractivity contribution in [1.29, 1.82) is 0 Å². The molecule has 140 valence electrons. The largest absolute Gasteiger partial charge is 0.369 e. The molecule has 0 atom stereocenters. The van der Waals surface area contributed by atoms with E-state index in [-0.39, 0.29) is 0 Å². The minimum Gasteiger partial charge on any atom is -0.369 e. The number of rotatable bonds is 8. The summed E-state index contributed by atoms with van der Waals surface area (Å²) in [6, 6.07) is 6.83. The van der Waals surface area contributed by atoms with Gasteiger partial charge >= 0.3 is 0 Å². The molecule has 0 fully saturated rings. The first-order valence-corrected chi connectivity index (χ1v) is 10.1. The van der Waals surface area contributed by atoms with Gasteiger partial charge in [0.2, 0.25) is 5.91 Å². The van der Waals surface area contributed by atoms with Crippen molar-refractivity contribution in [3.8, 4) is 0 Å². The molecule has 1 aromatic carbocycles. The fourth-order valence-corrected chi connectivity index (χ4v) is 2.56. The molecule has 0 saturated carbocycles. The van der Waals surface area contributed by atoms with Crippen molar-refractivity contribution >= 4 is 21.7 Å². The lowest BCUT2D eigenvalue weighted by Gasteiger charge is -2.19. The lowest BCUT2D eigenvalue weighted by atomic mass is 9.93. The number of nitrogens with one attached hydrogen (secondary N) is 2. The zero-order valence-electron chi connectivity index (χ0n) is 15.3. The number of benzene rings is 1. The zero-order chi connectivity index (χ0) is 19.1. The summed E-state index contributed by atoms with van der Waals surface area (Å²) in [5, 5.41) is 6.31. The number of guanidine groups is 1. The Bertz CT molecular complexity index is 710. The molecule has 0 unspecified atom stereocenters. The quantitative estimate of drug-likeness (QED) is 0.462. The number of sulfone groups is 1. The summed E-state index contributed by atoms with van der Waals surface area (Å²) in [7, 11) is -3.17. The van der Waals surface area contributed by atoms with E-state index in [9.17, 15) is 13.2 Å². The minimum atomic E-state index is -3.17. The van der Waals surface area contributed by atoms with Gasteiger partial charge in [0.15, 0.2) is 15.8 Å². The third kappa shape index (κ3) is 7.13. The molecule has 0 aliphatic carbocycles. The van der Waals surface area contributed by atoms with Crippen LogP contribution in [0.3, 0.4) is 0 Å². The van der Waals surface area contributed by atoms with Gasteiger partial charge in [-0.05, 0) is 44.9 Å². The number of nitrogens with zero attached hydrogens (tertiary/aromatic N) is 1. The fourth-order valence-electron chi connectivity index (χ4n) is 1.92. The van der Waals surface area contributed by atoms with Gasteiger partial charge in [-0.3, -0.25) is 9.79 Å². The van der Waals surface area contributed by atoms with Gasteiger partial charge in [-0.15, -0.1) is 0 Å². The van der Waals surface area contributed by atoms with Crippen LogP contribution >= 0.6 is 0 Å². The van der Waals surface area contributed by atoms with Gasteiger partial charge in [0.1, 0.15) is 0 Å². The average Bonchev–Trinajstić information content (AvgIpc) is 2.52. The summed E-state index contributed by atoms with van der Waals surface area (Å²) < 4.78 is 22.9. The monoisotopic (exact) mass is 368 g/mol. The summed E-state index contributed by atoms with van der Waals surface area (Å²) in [6.07, 6.45) is 1.91. The molecule has 0 spiro atoms. The van der Waals surface area contributed by atoms with Crippen molar-refractivity contribution in [1.82, 2.24) is 10.6 Å². The second kappa shape index (κ2) is 8.84. The highest BCUT2D eigenvalue weighted by atomic mass is 32.2. The molecule has 7 nitrogen and oxygen atoms in total. The van der Waals surface area contributed by atoms with E-state index in [1.54, 1.807) is 38.1 Å². The molecule has 4 N–H and O–H groups in total. The summed E-state index contributed by atoms with van der Waals surface area (Å²) in [5.41, 5.74) is 5.67. The Balaban J connectivity index is 2.62. The first-order chi connectivity index (χ1) is 11.6. The van der Waals surface area contributed by atoms with Crippen LogP contribution in [-0.4, -0.2) is 46.2 Å². The molecule has 25 heavy (non-hydrogen) atoms.